The fourth-order valence-electron chi connectivity index (χ4n) is 2.97. The molecule has 0 spiro atoms. The first-order valence-corrected chi connectivity index (χ1v) is 9.41. The maximum Gasteiger partial charge on any atom is 0.253 e. The lowest BCUT2D eigenvalue weighted by Crippen LogP contribution is -2.34. The first-order chi connectivity index (χ1) is 12.5. The lowest BCUT2D eigenvalue weighted by atomic mass is 9.93. The highest BCUT2D eigenvalue weighted by atomic mass is 35.5. The number of halogens is 1. The van der Waals surface area contributed by atoms with Gasteiger partial charge in [-0.05, 0) is 56.4 Å². The van der Waals surface area contributed by atoms with E-state index in [4.69, 9.17) is 21.6 Å². The third-order valence-corrected chi connectivity index (χ3v) is 4.92. The predicted octanol–water partition coefficient (Wildman–Crippen LogP) is 1.50. The number of rotatable bonds is 9. The summed E-state index contributed by atoms with van der Waals surface area (Å²) in [5.41, 5.74) is 0.989. The van der Waals surface area contributed by atoms with Gasteiger partial charge in [-0.3, -0.25) is 4.79 Å². The van der Waals surface area contributed by atoms with Crippen molar-refractivity contribution < 1.29 is 19.7 Å². The van der Waals surface area contributed by atoms with E-state index in [1.807, 2.05) is 4.42 Å². The van der Waals surface area contributed by atoms with Crippen molar-refractivity contribution in [2.45, 2.75) is 38.7 Å². The number of carbonyl (C=O) groups excluding carboxylic acids is 1. The number of aliphatic hydroxyl groups excluding tert-OH is 2. The number of amides is 1. The number of aryl methyl sites for hydroxylation is 1. The molecule has 3 N–H and O–H groups in total. The Labute approximate surface area is 159 Å². The third kappa shape index (κ3) is 6.72. The molecular formula is C18H28ClN3O4. The number of aliphatic hydroxyl groups is 2. The molecule has 0 unspecified atom stereocenters. The molecule has 0 bridgehead atoms. The lowest BCUT2D eigenvalue weighted by molar-refractivity contribution is 0.0801. The Hall–Kier alpha value is -1.41. The molecular weight excluding hydrogens is 358 g/mol. The SMILES string of the molecule is Cc1nc(OCCCC2CCN(Cl)CC2)ccc1C(=O)NC[C@H](O)CO. The smallest absolute Gasteiger partial charge is 0.253 e. The Morgan fingerprint density at radius 3 is 2.85 bits per heavy atom. The van der Waals surface area contributed by atoms with Gasteiger partial charge in [0.1, 0.15) is 0 Å². The summed E-state index contributed by atoms with van der Waals surface area (Å²) >= 11 is 5.96. The van der Waals surface area contributed by atoms with Crippen LogP contribution in [0.25, 0.3) is 0 Å². The molecule has 0 radical (unpaired) electrons. The van der Waals surface area contributed by atoms with Crippen molar-refractivity contribution in [3.05, 3.63) is 23.4 Å². The zero-order valence-corrected chi connectivity index (χ0v) is 15.9. The van der Waals surface area contributed by atoms with Gasteiger partial charge >= 0.3 is 0 Å². The molecule has 1 atom stereocenters. The van der Waals surface area contributed by atoms with Crippen LogP contribution in [0, 0.1) is 12.8 Å². The average molecular weight is 386 g/mol. The highest BCUT2D eigenvalue weighted by Crippen LogP contribution is 2.23. The molecule has 1 aliphatic rings. The maximum absolute atomic E-state index is 12.1. The number of nitrogens with one attached hydrogen (secondary N) is 1. The van der Waals surface area contributed by atoms with Crippen LogP contribution in [0.5, 0.6) is 5.88 Å². The summed E-state index contributed by atoms with van der Waals surface area (Å²) in [6, 6.07) is 3.34. The third-order valence-electron chi connectivity index (χ3n) is 4.58. The fraction of sp³-hybridized carbons (Fsp3) is 0.667. The highest BCUT2D eigenvalue weighted by molar-refractivity contribution is 6.13. The molecule has 1 aromatic rings. The summed E-state index contributed by atoms with van der Waals surface area (Å²) in [5.74, 6) is 0.883. The molecule has 2 rings (SSSR count). The number of ether oxygens (including phenoxy) is 1. The number of pyridine rings is 1. The summed E-state index contributed by atoms with van der Waals surface area (Å²) in [7, 11) is 0. The first kappa shape index (κ1) is 20.9. The first-order valence-electron chi connectivity index (χ1n) is 9.08. The molecule has 1 aromatic heterocycles. The van der Waals surface area contributed by atoms with Gasteiger partial charge in [0.25, 0.3) is 5.91 Å². The topological polar surface area (TPSA) is 94.9 Å². The lowest BCUT2D eigenvalue weighted by Gasteiger charge is -2.26. The average Bonchev–Trinajstić information content (AvgIpc) is 2.64. The summed E-state index contributed by atoms with van der Waals surface area (Å²) in [4.78, 5) is 16.4. The van der Waals surface area contributed by atoms with Crippen molar-refractivity contribution in [1.29, 1.82) is 0 Å². The Bertz CT molecular complexity index is 580. The van der Waals surface area contributed by atoms with E-state index < -0.39 is 12.7 Å². The van der Waals surface area contributed by atoms with Crippen molar-refractivity contribution in [2.24, 2.45) is 5.92 Å². The molecule has 8 heteroatoms. The largest absolute Gasteiger partial charge is 0.478 e. The minimum atomic E-state index is -0.966. The second-order valence-corrected chi connectivity index (χ2v) is 7.15. The van der Waals surface area contributed by atoms with E-state index in [0.29, 0.717) is 29.7 Å². The second-order valence-electron chi connectivity index (χ2n) is 6.67. The van der Waals surface area contributed by atoms with E-state index >= 15 is 0 Å². The van der Waals surface area contributed by atoms with Gasteiger partial charge < -0.3 is 20.3 Å². The molecule has 0 saturated carbocycles. The Morgan fingerprint density at radius 1 is 1.46 bits per heavy atom. The second kappa shape index (κ2) is 10.7. The molecule has 2 heterocycles. The van der Waals surface area contributed by atoms with Crippen LogP contribution in [0.2, 0.25) is 0 Å². The summed E-state index contributed by atoms with van der Waals surface area (Å²) in [6.07, 6.45) is 3.39. The standard InChI is InChI=1S/C18H28ClN3O4/c1-13-16(18(25)20-11-15(24)12-23)4-5-17(21-13)26-10-2-3-14-6-8-22(19)9-7-14/h4-5,14-15,23-24H,2-3,6-12H2,1H3,(H,20,25)/t15-/m0/s1. The molecule has 0 aromatic carbocycles. The molecule has 7 nitrogen and oxygen atoms in total. The van der Waals surface area contributed by atoms with Gasteiger partial charge in [0.15, 0.2) is 0 Å². The van der Waals surface area contributed by atoms with E-state index in [0.717, 1.165) is 38.8 Å². The van der Waals surface area contributed by atoms with Crippen LogP contribution >= 0.6 is 11.8 Å². The number of carbonyl (C=O) groups is 1. The van der Waals surface area contributed by atoms with Gasteiger partial charge in [0.2, 0.25) is 5.88 Å². The zero-order valence-electron chi connectivity index (χ0n) is 15.2. The Balaban J connectivity index is 1.73. The number of piperidine rings is 1. The van der Waals surface area contributed by atoms with Crippen LogP contribution in [0.15, 0.2) is 12.1 Å². The van der Waals surface area contributed by atoms with Crippen LogP contribution in [-0.2, 0) is 0 Å². The normalized spacial score (nSPS) is 17.1. The molecule has 26 heavy (non-hydrogen) atoms. The van der Waals surface area contributed by atoms with Gasteiger partial charge in [0.05, 0.1) is 30.6 Å². The molecule has 1 aliphatic heterocycles. The van der Waals surface area contributed by atoms with Gasteiger partial charge in [-0.2, -0.15) is 0 Å². The van der Waals surface area contributed by atoms with E-state index in [1.54, 1.807) is 19.1 Å². The van der Waals surface area contributed by atoms with E-state index in [-0.39, 0.29) is 12.5 Å². The van der Waals surface area contributed by atoms with Crippen molar-refractivity contribution >= 4 is 17.7 Å². The van der Waals surface area contributed by atoms with Gasteiger partial charge in [-0.15, -0.1) is 0 Å². The van der Waals surface area contributed by atoms with Gasteiger partial charge in [-0.25, -0.2) is 9.40 Å². The molecule has 146 valence electrons. The van der Waals surface area contributed by atoms with Crippen molar-refractivity contribution in [3.8, 4) is 5.88 Å². The zero-order chi connectivity index (χ0) is 18.9. The molecule has 1 fully saturated rings. The number of hydrogen-bond acceptors (Lipinski definition) is 6. The monoisotopic (exact) mass is 385 g/mol. The fourth-order valence-corrected chi connectivity index (χ4v) is 3.16. The molecule has 0 aliphatic carbocycles. The number of nitrogens with zero attached hydrogens (tertiary/aromatic N) is 2. The Kier molecular flexibility index (Phi) is 8.58. The van der Waals surface area contributed by atoms with Gasteiger partial charge in [-0.1, -0.05) is 0 Å². The van der Waals surface area contributed by atoms with Crippen LogP contribution < -0.4 is 10.1 Å². The summed E-state index contributed by atoms with van der Waals surface area (Å²) in [6.45, 7) is 3.84. The summed E-state index contributed by atoms with van der Waals surface area (Å²) < 4.78 is 7.55. The van der Waals surface area contributed by atoms with E-state index in [9.17, 15) is 9.90 Å². The van der Waals surface area contributed by atoms with Crippen molar-refractivity contribution in [3.63, 3.8) is 0 Å². The van der Waals surface area contributed by atoms with E-state index in [1.165, 1.54) is 0 Å². The number of hydrogen-bond donors (Lipinski definition) is 3. The molecule has 1 amide bonds. The van der Waals surface area contributed by atoms with Crippen molar-refractivity contribution in [2.75, 3.05) is 32.8 Å². The van der Waals surface area contributed by atoms with Crippen LogP contribution in [0.4, 0.5) is 0 Å². The van der Waals surface area contributed by atoms with Crippen LogP contribution in [0.3, 0.4) is 0 Å². The van der Waals surface area contributed by atoms with Gasteiger partial charge in [0, 0.05) is 25.7 Å². The minimum Gasteiger partial charge on any atom is -0.478 e. The maximum atomic E-state index is 12.1. The molecule has 1 saturated heterocycles. The quantitative estimate of drug-likeness (QED) is 0.440. The van der Waals surface area contributed by atoms with Crippen LogP contribution in [0.1, 0.15) is 41.7 Å². The van der Waals surface area contributed by atoms with E-state index in [2.05, 4.69) is 10.3 Å². The summed E-state index contributed by atoms with van der Waals surface area (Å²) in [5, 5.41) is 20.6. The highest BCUT2D eigenvalue weighted by Gasteiger charge is 2.17. The van der Waals surface area contributed by atoms with Crippen molar-refractivity contribution in [1.82, 2.24) is 14.7 Å². The predicted molar refractivity (Wildman–Crippen MR) is 99.3 cm³/mol. The minimum absolute atomic E-state index is 0.00430. The number of aromatic nitrogens is 1. The Morgan fingerprint density at radius 2 is 2.19 bits per heavy atom. The van der Waals surface area contributed by atoms with Crippen LogP contribution in [-0.4, -0.2) is 64.5 Å².